The van der Waals surface area contributed by atoms with Crippen LogP contribution in [0.25, 0.3) is 0 Å². The molecule has 2 heterocycles. The van der Waals surface area contributed by atoms with Crippen molar-refractivity contribution in [3.8, 4) is 11.5 Å². The Labute approximate surface area is 166 Å². The van der Waals surface area contributed by atoms with Gasteiger partial charge in [-0.15, -0.1) is 0 Å². The van der Waals surface area contributed by atoms with E-state index in [1.807, 2.05) is 23.1 Å². The molecule has 2 aromatic carbocycles. The van der Waals surface area contributed by atoms with Gasteiger partial charge in [0.15, 0.2) is 0 Å². The van der Waals surface area contributed by atoms with Gasteiger partial charge in [0.1, 0.15) is 18.1 Å². The predicted molar refractivity (Wildman–Crippen MR) is 110 cm³/mol. The van der Waals surface area contributed by atoms with Crippen molar-refractivity contribution in [2.45, 2.75) is 20.3 Å². The lowest BCUT2D eigenvalue weighted by molar-refractivity contribution is -0.137. The Bertz CT molecular complexity index is 872. The molecule has 0 saturated carbocycles. The van der Waals surface area contributed by atoms with Gasteiger partial charge < -0.3 is 19.3 Å². The fourth-order valence-corrected chi connectivity index (χ4v) is 4.16. The summed E-state index contributed by atoms with van der Waals surface area (Å²) in [6.07, 6.45) is 0.711. The molecule has 4 rings (SSSR count). The van der Waals surface area contributed by atoms with Crippen LogP contribution in [0.1, 0.15) is 16.7 Å². The molecule has 5 heteroatoms. The highest BCUT2D eigenvalue weighted by Gasteiger charge is 2.31. The molecule has 2 aliphatic heterocycles. The first-order valence-corrected chi connectivity index (χ1v) is 9.96. The number of amides is 1. The number of hydrogen-bond donors (Lipinski definition) is 0. The van der Waals surface area contributed by atoms with E-state index in [4.69, 9.17) is 9.47 Å². The number of ether oxygens (including phenoxy) is 2. The van der Waals surface area contributed by atoms with Gasteiger partial charge >= 0.3 is 0 Å². The van der Waals surface area contributed by atoms with Crippen LogP contribution < -0.4 is 14.4 Å². The third-order valence-electron chi connectivity index (χ3n) is 6.03. The van der Waals surface area contributed by atoms with Gasteiger partial charge in [0.25, 0.3) is 0 Å². The normalized spacial score (nSPS) is 19.0. The molecule has 28 heavy (non-hydrogen) atoms. The number of rotatable bonds is 3. The molecule has 1 fully saturated rings. The molecule has 2 aromatic rings. The molecule has 0 unspecified atom stereocenters. The summed E-state index contributed by atoms with van der Waals surface area (Å²) < 4.78 is 11.2. The maximum atomic E-state index is 13.1. The lowest BCUT2D eigenvalue weighted by atomic mass is 9.95. The molecule has 0 aliphatic carbocycles. The number of nitrogens with zero attached hydrogens (tertiary/aromatic N) is 2. The molecule has 0 N–H and O–H groups in total. The Hall–Kier alpha value is -2.69. The minimum atomic E-state index is -0.119. The van der Waals surface area contributed by atoms with E-state index in [2.05, 4.69) is 36.9 Å². The number of carbonyl (C=O) groups is 1. The van der Waals surface area contributed by atoms with Gasteiger partial charge in [-0.2, -0.15) is 0 Å². The zero-order chi connectivity index (χ0) is 19.7. The van der Waals surface area contributed by atoms with Crippen LogP contribution in [-0.4, -0.2) is 50.7 Å². The van der Waals surface area contributed by atoms with Crippen LogP contribution in [-0.2, 0) is 11.2 Å². The van der Waals surface area contributed by atoms with Crippen LogP contribution >= 0.6 is 0 Å². The molecular weight excluding hydrogens is 352 g/mol. The molecule has 1 atom stereocenters. The molecular formula is C23H28N2O3. The van der Waals surface area contributed by atoms with Crippen LogP contribution in [0.2, 0.25) is 0 Å². The van der Waals surface area contributed by atoms with E-state index in [0.29, 0.717) is 13.0 Å². The number of fused-ring (bicyclic) bond motifs is 1. The van der Waals surface area contributed by atoms with Crippen LogP contribution in [0.15, 0.2) is 36.4 Å². The van der Waals surface area contributed by atoms with Gasteiger partial charge in [0.2, 0.25) is 5.91 Å². The Morgan fingerprint density at radius 2 is 1.89 bits per heavy atom. The predicted octanol–water partition coefficient (Wildman–Crippen LogP) is 3.21. The molecule has 1 amide bonds. The van der Waals surface area contributed by atoms with Gasteiger partial charge in [0, 0.05) is 31.9 Å². The van der Waals surface area contributed by atoms with E-state index in [-0.39, 0.29) is 11.8 Å². The summed E-state index contributed by atoms with van der Waals surface area (Å²) in [6.45, 7) is 8.03. The molecule has 5 nitrogen and oxygen atoms in total. The highest BCUT2D eigenvalue weighted by atomic mass is 16.5. The monoisotopic (exact) mass is 380 g/mol. The minimum Gasteiger partial charge on any atom is -0.497 e. The van der Waals surface area contributed by atoms with E-state index in [1.54, 1.807) is 7.11 Å². The maximum absolute atomic E-state index is 13.1. The summed E-state index contributed by atoms with van der Waals surface area (Å²) in [4.78, 5) is 17.5. The van der Waals surface area contributed by atoms with E-state index < -0.39 is 0 Å². The van der Waals surface area contributed by atoms with Crippen LogP contribution in [0, 0.1) is 19.8 Å². The second-order valence-electron chi connectivity index (χ2n) is 7.72. The van der Waals surface area contributed by atoms with Gasteiger partial charge in [-0.25, -0.2) is 0 Å². The SMILES string of the molecule is COc1ccc2c(c1)C[C@@H](C(=O)N1CCN(c3cccc(C)c3C)CC1)CO2. The number of methoxy groups -OCH3 is 1. The highest BCUT2D eigenvalue weighted by molar-refractivity contribution is 5.80. The standard InChI is InChI=1S/C23H28N2O3/c1-16-5-4-6-21(17(16)2)24-9-11-25(12-10-24)23(26)19-13-18-14-20(27-3)7-8-22(18)28-15-19/h4-8,14,19H,9-13,15H2,1-3H3/t19-/m1/s1. The first-order chi connectivity index (χ1) is 13.6. The van der Waals surface area contributed by atoms with Crippen molar-refractivity contribution < 1.29 is 14.3 Å². The van der Waals surface area contributed by atoms with Gasteiger partial charge in [-0.1, -0.05) is 12.1 Å². The van der Waals surface area contributed by atoms with Gasteiger partial charge in [-0.05, 0) is 61.2 Å². The lowest BCUT2D eigenvalue weighted by Gasteiger charge is -2.39. The topological polar surface area (TPSA) is 42.0 Å². The molecule has 148 valence electrons. The zero-order valence-corrected chi connectivity index (χ0v) is 16.9. The van der Waals surface area contributed by atoms with Gasteiger partial charge in [-0.3, -0.25) is 4.79 Å². The largest absolute Gasteiger partial charge is 0.497 e. The van der Waals surface area contributed by atoms with E-state index >= 15 is 0 Å². The van der Waals surface area contributed by atoms with Crippen LogP contribution in [0.5, 0.6) is 11.5 Å². The zero-order valence-electron chi connectivity index (χ0n) is 16.9. The van der Waals surface area contributed by atoms with Crippen molar-refractivity contribution in [2.24, 2.45) is 5.92 Å². The van der Waals surface area contributed by atoms with Crippen molar-refractivity contribution in [2.75, 3.05) is 44.8 Å². The van der Waals surface area contributed by atoms with Crippen molar-refractivity contribution in [3.05, 3.63) is 53.1 Å². The average molecular weight is 380 g/mol. The minimum absolute atomic E-state index is 0.119. The lowest BCUT2D eigenvalue weighted by Crippen LogP contribution is -2.51. The molecule has 0 aromatic heterocycles. The second-order valence-corrected chi connectivity index (χ2v) is 7.72. The molecule has 1 saturated heterocycles. The Morgan fingerprint density at radius 1 is 1.11 bits per heavy atom. The Balaban J connectivity index is 1.40. The summed E-state index contributed by atoms with van der Waals surface area (Å²) in [6, 6.07) is 12.2. The summed E-state index contributed by atoms with van der Waals surface area (Å²) in [5.74, 6) is 1.75. The summed E-state index contributed by atoms with van der Waals surface area (Å²) >= 11 is 0. The number of hydrogen-bond acceptors (Lipinski definition) is 4. The first kappa shape index (κ1) is 18.7. The van der Waals surface area contributed by atoms with Gasteiger partial charge in [0.05, 0.1) is 13.0 Å². The number of anilines is 1. The van der Waals surface area contributed by atoms with Crippen molar-refractivity contribution in [1.29, 1.82) is 0 Å². The van der Waals surface area contributed by atoms with Crippen LogP contribution in [0.3, 0.4) is 0 Å². The van der Waals surface area contributed by atoms with Crippen molar-refractivity contribution >= 4 is 11.6 Å². The van der Waals surface area contributed by atoms with Crippen molar-refractivity contribution in [3.63, 3.8) is 0 Å². The number of benzene rings is 2. The average Bonchev–Trinajstić information content (AvgIpc) is 2.74. The van der Waals surface area contributed by atoms with Crippen LogP contribution in [0.4, 0.5) is 5.69 Å². The molecule has 0 bridgehead atoms. The molecule has 0 radical (unpaired) electrons. The quantitative estimate of drug-likeness (QED) is 0.820. The number of aryl methyl sites for hydroxylation is 1. The smallest absolute Gasteiger partial charge is 0.229 e. The maximum Gasteiger partial charge on any atom is 0.229 e. The number of piperazine rings is 1. The fourth-order valence-electron chi connectivity index (χ4n) is 4.16. The number of carbonyl (C=O) groups excluding carboxylic acids is 1. The van der Waals surface area contributed by atoms with E-state index in [1.165, 1.54) is 16.8 Å². The Morgan fingerprint density at radius 3 is 2.64 bits per heavy atom. The summed E-state index contributed by atoms with van der Waals surface area (Å²) in [5, 5.41) is 0. The molecule has 0 spiro atoms. The summed E-state index contributed by atoms with van der Waals surface area (Å²) in [5.41, 5.74) is 4.98. The third kappa shape index (κ3) is 3.53. The summed E-state index contributed by atoms with van der Waals surface area (Å²) in [7, 11) is 1.66. The van der Waals surface area contributed by atoms with Crippen molar-refractivity contribution in [1.82, 2.24) is 4.90 Å². The Kier molecular flexibility index (Phi) is 5.16. The fraction of sp³-hybridized carbons (Fsp3) is 0.435. The first-order valence-electron chi connectivity index (χ1n) is 9.96. The molecule has 2 aliphatic rings. The van der Waals surface area contributed by atoms with E-state index in [9.17, 15) is 4.79 Å². The second kappa shape index (κ2) is 7.74. The third-order valence-corrected chi connectivity index (χ3v) is 6.03. The highest BCUT2D eigenvalue weighted by Crippen LogP contribution is 2.32. The van der Waals surface area contributed by atoms with E-state index in [0.717, 1.165) is 43.2 Å².